The number of ether oxygens (including phenoxy) is 1. The van der Waals surface area contributed by atoms with Gasteiger partial charge in [0.05, 0.1) is 19.9 Å². The molecular weight excluding hydrogens is 467 g/mol. The summed E-state index contributed by atoms with van der Waals surface area (Å²) in [6, 6.07) is 17.8. The molecule has 0 bridgehead atoms. The first kappa shape index (κ1) is 25.6. The molecule has 2 aromatic carbocycles. The van der Waals surface area contributed by atoms with Gasteiger partial charge in [-0.15, -0.1) is 5.10 Å². The Hall–Kier alpha value is -3.06. The lowest BCUT2D eigenvalue weighted by atomic mass is 9.57. The van der Waals surface area contributed by atoms with Crippen molar-refractivity contribution in [3.63, 3.8) is 0 Å². The monoisotopic (exact) mass is 504 g/mol. The zero-order valence-corrected chi connectivity index (χ0v) is 21.6. The number of rotatable bonds is 9. The van der Waals surface area contributed by atoms with Crippen LogP contribution in [0.2, 0.25) is 0 Å². The molecule has 2 heterocycles. The molecule has 1 saturated carbocycles. The summed E-state index contributed by atoms with van der Waals surface area (Å²) in [5, 5.41) is 8.44. The van der Waals surface area contributed by atoms with Crippen LogP contribution in [-0.4, -0.2) is 46.1 Å². The number of nitrogens with zero attached hydrogens (tertiary/aromatic N) is 4. The van der Waals surface area contributed by atoms with E-state index in [1.807, 2.05) is 16.9 Å². The fourth-order valence-corrected chi connectivity index (χ4v) is 7.16. The molecule has 5 rings (SSSR count). The van der Waals surface area contributed by atoms with Crippen molar-refractivity contribution < 1.29 is 13.9 Å². The highest BCUT2D eigenvalue weighted by Gasteiger charge is 2.52. The molecule has 0 unspecified atom stereocenters. The van der Waals surface area contributed by atoms with Gasteiger partial charge in [-0.1, -0.05) is 54.1 Å². The molecule has 7 heteroatoms. The van der Waals surface area contributed by atoms with Crippen LogP contribution < -0.4 is 0 Å². The third-order valence-electron chi connectivity index (χ3n) is 8.80. The van der Waals surface area contributed by atoms with Crippen molar-refractivity contribution in [1.82, 2.24) is 19.9 Å². The fourth-order valence-electron chi connectivity index (χ4n) is 7.16. The molecule has 196 valence electrons. The second-order valence-electron chi connectivity index (χ2n) is 10.8. The van der Waals surface area contributed by atoms with Gasteiger partial charge < -0.3 is 4.74 Å². The number of hydrogen-bond acceptors (Lipinski definition) is 5. The summed E-state index contributed by atoms with van der Waals surface area (Å²) in [5.74, 6) is 0.367. The van der Waals surface area contributed by atoms with Crippen LogP contribution in [0.25, 0.3) is 0 Å². The first-order valence-electron chi connectivity index (χ1n) is 13.5. The van der Waals surface area contributed by atoms with E-state index < -0.39 is 0 Å². The van der Waals surface area contributed by atoms with Crippen LogP contribution in [0.5, 0.6) is 0 Å². The second kappa shape index (κ2) is 11.5. The predicted molar refractivity (Wildman–Crippen MR) is 140 cm³/mol. The first-order valence-corrected chi connectivity index (χ1v) is 13.5. The zero-order valence-electron chi connectivity index (χ0n) is 21.6. The van der Waals surface area contributed by atoms with E-state index in [2.05, 4.69) is 51.6 Å². The third kappa shape index (κ3) is 5.61. The molecule has 2 aliphatic rings. The number of halogens is 1. The van der Waals surface area contributed by atoms with E-state index >= 15 is 0 Å². The van der Waals surface area contributed by atoms with Crippen molar-refractivity contribution in [2.45, 2.75) is 57.0 Å². The fraction of sp³-hybridized carbons (Fsp3) is 0.500. The summed E-state index contributed by atoms with van der Waals surface area (Å²) in [5.41, 5.74) is 1.99. The van der Waals surface area contributed by atoms with E-state index in [4.69, 9.17) is 4.74 Å². The smallest absolute Gasteiger partial charge is 0.305 e. The average molecular weight is 505 g/mol. The Bertz CT molecular complexity index is 1150. The van der Waals surface area contributed by atoms with Crippen LogP contribution in [0.4, 0.5) is 4.39 Å². The van der Waals surface area contributed by atoms with Gasteiger partial charge in [0.15, 0.2) is 0 Å². The van der Waals surface area contributed by atoms with Crippen molar-refractivity contribution in [1.29, 1.82) is 0 Å². The van der Waals surface area contributed by atoms with Crippen molar-refractivity contribution in [2.75, 3.05) is 20.2 Å². The van der Waals surface area contributed by atoms with Crippen LogP contribution >= 0.6 is 0 Å². The Morgan fingerprint density at radius 1 is 1.08 bits per heavy atom. The van der Waals surface area contributed by atoms with Gasteiger partial charge >= 0.3 is 5.97 Å². The molecule has 0 radical (unpaired) electrons. The number of aromatic nitrogens is 3. The van der Waals surface area contributed by atoms with Gasteiger partial charge in [0.25, 0.3) is 0 Å². The highest BCUT2D eigenvalue weighted by Crippen LogP contribution is 2.54. The third-order valence-corrected chi connectivity index (χ3v) is 8.80. The van der Waals surface area contributed by atoms with Gasteiger partial charge in [0.1, 0.15) is 5.82 Å². The maximum absolute atomic E-state index is 14.8. The number of carbonyl (C=O) groups excluding carboxylic acids is 1. The van der Waals surface area contributed by atoms with Gasteiger partial charge in [-0.05, 0) is 79.8 Å². The number of likely N-dealkylation sites (tertiary alicyclic amines) is 1. The summed E-state index contributed by atoms with van der Waals surface area (Å²) < 4.78 is 21.8. The normalized spacial score (nSPS) is 22.5. The lowest BCUT2D eigenvalue weighted by molar-refractivity contribution is -0.142. The molecule has 3 aromatic rings. The second-order valence-corrected chi connectivity index (χ2v) is 10.8. The number of methoxy groups -OCH3 is 1. The molecule has 0 amide bonds. The average Bonchev–Trinajstić information content (AvgIpc) is 3.61. The van der Waals surface area contributed by atoms with Crippen molar-refractivity contribution in [3.8, 4) is 0 Å². The van der Waals surface area contributed by atoms with Crippen molar-refractivity contribution in [2.24, 2.45) is 17.8 Å². The quantitative estimate of drug-likeness (QED) is 0.373. The Kier molecular flexibility index (Phi) is 7.99. The summed E-state index contributed by atoms with van der Waals surface area (Å²) in [4.78, 5) is 15.0. The van der Waals surface area contributed by atoms with Gasteiger partial charge in [-0.3, -0.25) is 14.4 Å². The highest BCUT2D eigenvalue weighted by atomic mass is 19.1. The highest BCUT2D eigenvalue weighted by molar-refractivity contribution is 5.69. The van der Waals surface area contributed by atoms with Crippen LogP contribution in [0.3, 0.4) is 0 Å². The van der Waals surface area contributed by atoms with Gasteiger partial charge in [0, 0.05) is 24.6 Å². The minimum absolute atomic E-state index is 0.163. The van der Waals surface area contributed by atoms with Gasteiger partial charge in [0.2, 0.25) is 0 Å². The first-order chi connectivity index (χ1) is 18.1. The predicted octanol–water partition coefficient (Wildman–Crippen LogP) is 5.25. The standard InChI is InChI=1S/C30H37FN4O2/c1-37-29(36)19-24-9-5-12-28(24)30(22-35-18-15-32-33-35,26-10-6-11-27(31)20-26)25-13-16-34(17-14-25)21-23-7-3-2-4-8-23/h2-4,6-8,10-11,15,18,20,24-25,28H,5,9,12-14,16-17,19,21-22H2,1H3/t24-,28+,30+/m1/s1. The van der Waals surface area contributed by atoms with Crippen molar-refractivity contribution >= 4 is 5.97 Å². The molecular formula is C30H37FN4O2. The maximum atomic E-state index is 14.8. The zero-order chi connectivity index (χ0) is 25.7. The number of benzene rings is 2. The van der Waals surface area contributed by atoms with Crippen LogP contribution in [0.15, 0.2) is 67.0 Å². The molecule has 0 spiro atoms. The Labute approximate surface area is 218 Å². The summed E-state index contributed by atoms with van der Waals surface area (Å²) >= 11 is 0. The molecule has 6 nitrogen and oxygen atoms in total. The lowest BCUT2D eigenvalue weighted by Gasteiger charge is -2.50. The summed E-state index contributed by atoms with van der Waals surface area (Å²) in [6.45, 7) is 3.55. The molecule has 1 aromatic heterocycles. The van der Waals surface area contributed by atoms with E-state index in [9.17, 15) is 9.18 Å². The Balaban J connectivity index is 1.50. The number of carbonyl (C=O) groups is 1. The molecule has 0 N–H and O–H groups in total. The van der Waals surface area contributed by atoms with Gasteiger partial charge in [-0.25, -0.2) is 4.39 Å². The molecule has 3 atom stereocenters. The summed E-state index contributed by atoms with van der Waals surface area (Å²) in [7, 11) is 1.46. The van der Waals surface area contributed by atoms with E-state index in [-0.39, 0.29) is 29.0 Å². The van der Waals surface area contributed by atoms with Gasteiger partial charge in [-0.2, -0.15) is 0 Å². The number of esters is 1. The lowest BCUT2D eigenvalue weighted by Crippen LogP contribution is -2.51. The minimum Gasteiger partial charge on any atom is -0.469 e. The van der Waals surface area contributed by atoms with Crippen LogP contribution in [-0.2, 0) is 28.0 Å². The minimum atomic E-state index is -0.357. The van der Waals surface area contributed by atoms with E-state index in [0.29, 0.717) is 18.9 Å². The van der Waals surface area contributed by atoms with E-state index in [0.717, 1.165) is 57.3 Å². The Morgan fingerprint density at radius 3 is 2.59 bits per heavy atom. The maximum Gasteiger partial charge on any atom is 0.305 e. The van der Waals surface area contributed by atoms with Crippen LogP contribution in [0, 0.1) is 23.6 Å². The van der Waals surface area contributed by atoms with Crippen molar-refractivity contribution in [3.05, 3.63) is 83.9 Å². The topological polar surface area (TPSA) is 60.3 Å². The molecule has 2 fully saturated rings. The van der Waals surface area contributed by atoms with E-state index in [1.54, 1.807) is 12.3 Å². The Morgan fingerprint density at radius 2 is 1.89 bits per heavy atom. The molecule has 37 heavy (non-hydrogen) atoms. The van der Waals surface area contributed by atoms with Crippen LogP contribution in [0.1, 0.15) is 49.7 Å². The largest absolute Gasteiger partial charge is 0.469 e. The molecule has 1 saturated heterocycles. The SMILES string of the molecule is COC(=O)C[C@H]1CCC[C@@H]1[C@](Cn1ccnn1)(c1cccc(F)c1)C1CCN(Cc2ccccc2)CC1. The molecule has 1 aliphatic carbocycles. The molecule has 1 aliphatic heterocycles. The summed E-state index contributed by atoms with van der Waals surface area (Å²) in [6.07, 6.45) is 9.11. The number of piperidine rings is 1. The van der Waals surface area contributed by atoms with E-state index in [1.165, 1.54) is 18.7 Å². The number of hydrogen-bond donors (Lipinski definition) is 0.